The number of hydrogen-bond donors (Lipinski definition) is 1. The lowest BCUT2D eigenvalue weighted by molar-refractivity contribution is 0.101. The van der Waals surface area contributed by atoms with Crippen LogP contribution in [-0.4, -0.2) is 10.9 Å². The maximum absolute atomic E-state index is 12.3. The Morgan fingerprint density at radius 2 is 2.07 bits per heavy atom. The van der Waals surface area contributed by atoms with Crippen LogP contribution in [0.3, 0.4) is 0 Å². The highest BCUT2D eigenvalue weighted by molar-refractivity contribution is 9.10. The van der Waals surface area contributed by atoms with Crippen molar-refractivity contribution in [2.75, 3.05) is 0 Å². The fourth-order valence-corrected chi connectivity index (χ4v) is 1.63. The standard InChI is InChI=1S/C9H7BrF2O2/c1-4(13)5-2-6(9(11)12)8(14)3-7(5)10/h2-3,9,14H,1H3. The third-order valence-corrected chi connectivity index (χ3v) is 2.39. The van der Waals surface area contributed by atoms with E-state index in [1.807, 2.05) is 0 Å². The van der Waals surface area contributed by atoms with Crippen LogP contribution in [0.2, 0.25) is 0 Å². The summed E-state index contributed by atoms with van der Waals surface area (Å²) in [6, 6.07) is 2.09. The molecule has 0 aliphatic heterocycles. The van der Waals surface area contributed by atoms with Gasteiger partial charge in [0.2, 0.25) is 0 Å². The van der Waals surface area contributed by atoms with Gasteiger partial charge >= 0.3 is 0 Å². The van der Waals surface area contributed by atoms with E-state index >= 15 is 0 Å². The van der Waals surface area contributed by atoms with Crippen LogP contribution in [-0.2, 0) is 0 Å². The Kier molecular flexibility index (Phi) is 3.21. The molecule has 76 valence electrons. The van der Waals surface area contributed by atoms with E-state index in [0.29, 0.717) is 4.47 Å². The number of alkyl halides is 2. The molecule has 0 amide bonds. The number of phenols is 1. The zero-order chi connectivity index (χ0) is 10.9. The summed E-state index contributed by atoms with van der Waals surface area (Å²) in [4.78, 5) is 11.0. The SMILES string of the molecule is CC(=O)c1cc(C(F)F)c(O)cc1Br. The lowest BCUT2D eigenvalue weighted by Gasteiger charge is -2.07. The summed E-state index contributed by atoms with van der Waals surface area (Å²) in [6.45, 7) is 1.27. The van der Waals surface area contributed by atoms with Gasteiger partial charge in [-0.25, -0.2) is 8.78 Å². The van der Waals surface area contributed by atoms with Gasteiger partial charge in [0.25, 0.3) is 6.43 Å². The maximum atomic E-state index is 12.3. The van der Waals surface area contributed by atoms with E-state index in [9.17, 15) is 13.6 Å². The molecule has 1 N–H and O–H groups in total. The van der Waals surface area contributed by atoms with E-state index in [4.69, 9.17) is 5.11 Å². The van der Waals surface area contributed by atoms with Crippen molar-refractivity contribution in [3.05, 3.63) is 27.7 Å². The minimum absolute atomic E-state index is 0.137. The van der Waals surface area contributed by atoms with E-state index < -0.39 is 17.7 Å². The Morgan fingerprint density at radius 3 is 2.50 bits per heavy atom. The molecule has 5 heteroatoms. The molecule has 1 aromatic rings. The number of aromatic hydroxyl groups is 1. The third-order valence-electron chi connectivity index (χ3n) is 1.73. The summed E-state index contributed by atoms with van der Waals surface area (Å²) in [5, 5.41) is 9.15. The van der Waals surface area contributed by atoms with Crippen LogP contribution in [0.4, 0.5) is 8.78 Å². The molecule has 0 radical (unpaired) electrons. The number of benzene rings is 1. The molecule has 0 atom stereocenters. The molecule has 1 aromatic carbocycles. The lowest BCUT2D eigenvalue weighted by Crippen LogP contribution is -1.97. The van der Waals surface area contributed by atoms with E-state index in [1.54, 1.807) is 0 Å². The van der Waals surface area contributed by atoms with Gasteiger partial charge in [-0.2, -0.15) is 0 Å². The molecule has 0 heterocycles. The Morgan fingerprint density at radius 1 is 1.50 bits per heavy atom. The second-order valence-corrected chi connectivity index (χ2v) is 3.60. The Labute approximate surface area is 87.7 Å². The van der Waals surface area contributed by atoms with Crippen molar-refractivity contribution in [1.82, 2.24) is 0 Å². The average molecular weight is 265 g/mol. The highest BCUT2D eigenvalue weighted by atomic mass is 79.9. The van der Waals surface area contributed by atoms with Crippen molar-refractivity contribution in [3.8, 4) is 5.75 Å². The Bertz CT molecular complexity index is 377. The van der Waals surface area contributed by atoms with Crippen molar-refractivity contribution in [1.29, 1.82) is 0 Å². The van der Waals surface area contributed by atoms with Crippen LogP contribution in [0.5, 0.6) is 5.75 Å². The second kappa shape index (κ2) is 4.04. The monoisotopic (exact) mass is 264 g/mol. The summed E-state index contributed by atoms with van der Waals surface area (Å²) >= 11 is 3.01. The molecule has 1 rings (SSSR count). The van der Waals surface area contributed by atoms with Gasteiger partial charge in [0.15, 0.2) is 5.78 Å². The molecule has 0 aliphatic rings. The minimum atomic E-state index is -2.79. The average Bonchev–Trinajstić information content (AvgIpc) is 2.02. The summed E-state index contributed by atoms with van der Waals surface area (Å²) in [7, 11) is 0. The number of carbonyl (C=O) groups is 1. The Balaban J connectivity index is 3.34. The molecule has 0 fully saturated rings. The van der Waals surface area contributed by atoms with Crippen LogP contribution in [0.25, 0.3) is 0 Å². The predicted octanol–water partition coefficient (Wildman–Crippen LogP) is 3.29. The van der Waals surface area contributed by atoms with Crippen LogP contribution >= 0.6 is 15.9 Å². The fourth-order valence-electron chi connectivity index (χ4n) is 1.02. The van der Waals surface area contributed by atoms with Gasteiger partial charge in [-0.05, 0) is 35.0 Å². The zero-order valence-electron chi connectivity index (χ0n) is 7.22. The Hall–Kier alpha value is -0.970. The molecule has 0 saturated carbocycles. The van der Waals surface area contributed by atoms with Gasteiger partial charge in [0.05, 0.1) is 5.56 Å². The molecule has 0 aliphatic carbocycles. The van der Waals surface area contributed by atoms with Gasteiger partial charge in [-0.1, -0.05) is 0 Å². The number of phenolic OH excluding ortho intramolecular Hbond substituents is 1. The summed E-state index contributed by atoms with van der Waals surface area (Å²) in [5.74, 6) is -0.851. The van der Waals surface area contributed by atoms with Crippen LogP contribution in [0, 0.1) is 0 Å². The number of rotatable bonds is 2. The quantitative estimate of drug-likeness (QED) is 0.833. The number of carbonyl (C=O) groups excluding carboxylic acids is 1. The first-order valence-electron chi connectivity index (χ1n) is 3.75. The molecule has 0 aromatic heterocycles. The van der Waals surface area contributed by atoms with E-state index in [2.05, 4.69) is 15.9 Å². The number of halogens is 3. The van der Waals surface area contributed by atoms with Gasteiger partial charge < -0.3 is 5.11 Å². The molecule has 0 unspecified atom stereocenters. The van der Waals surface area contributed by atoms with Crippen molar-refractivity contribution in [2.24, 2.45) is 0 Å². The first kappa shape index (κ1) is 11.1. The summed E-state index contributed by atoms with van der Waals surface area (Å²) < 4.78 is 24.9. The van der Waals surface area contributed by atoms with Crippen molar-refractivity contribution >= 4 is 21.7 Å². The van der Waals surface area contributed by atoms with E-state index in [-0.39, 0.29) is 11.3 Å². The van der Waals surface area contributed by atoms with E-state index in [1.165, 1.54) is 6.92 Å². The first-order chi connectivity index (χ1) is 6.43. The van der Waals surface area contributed by atoms with Gasteiger partial charge in [-0.3, -0.25) is 4.79 Å². The molecule has 14 heavy (non-hydrogen) atoms. The topological polar surface area (TPSA) is 37.3 Å². The molecule has 0 bridgehead atoms. The number of hydrogen-bond acceptors (Lipinski definition) is 2. The zero-order valence-corrected chi connectivity index (χ0v) is 8.81. The number of Topliss-reactive ketones (excluding diaryl/α,β-unsaturated/α-hetero) is 1. The third kappa shape index (κ3) is 2.09. The van der Waals surface area contributed by atoms with E-state index in [0.717, 1.165) is 12.1 Å². The van der Waals surface area contributed by atoms with Crippen LogP contribution in [0.1, 0.15) is 29.3 Å². The van der Waals surface area contributed by atoms with Gasteiger partial charge in [-0.15, -0.1) is 0 Å². The molecule has 0 saturated heterocycles. The van der Waals surface area contributed by atoms with Crippen LogP contribution in [0.15, 0.2) is 16.6 Å². The minimum Gasteiger partial charge on any atom is -0.507 e. The smallest absolute Gasteiger partial charge is 0.267 e. The molecular formula is C9H7BrF2O2. The lowest BCUT2D eigenvalue weighted by atomic mass is 10.1. The van der Waals surface area contributed by atoms with Gasteiger partial charge in [0, 0.05) is 10.0 Å². The largest absolute Gasteiger partial charge is 0.507 e. The van der Waals surface area contributed by atoms with Crippen molar-refractivity contribution < 1.29 is 18.7 Å². The molecule has 2 nitrogen and oxygen atoms in total. The second-order valence-electron chi connectivity index (χ2n) is 2.75. The van der Waals surface area contributed by atoms with Crippen molar-refractivity contribution in [3.63, 3.8) is 0 Å². The summed E-state index contributed by atoms with van der Waals surface area (Å²) in [6.07, 6.45) is -2.79. The number of ketones is 1. The van der Waals surface area contributed by atoms with Crippen LogP contribution < -0.4 is 0 Å². The highest BCUT2D eigenvalue weighted by Gasteiger charge is 2.17. The summed E-state index contributed by atoms with van der Waals surface area (Å²) in [5.41, 5.74) is -0.392. The maximum Gasteiger partial charge on any atom is 0.267 e. The normalized spacial score (nSPS) is 10.6. The predicted molar refractivity (Wildman–Crippen MR) is 50.8 cm³/mol. The highest BCUT2D eigenvalue weighted by Crippen LogP contribution is 2.33. The van der Waals surface area contributed by atoms with Crippen molar-refractivity contribution in [2.45, 2.75) is 13.3 Å². The molecule has 0 spiro atoms. The first-order valence-corrected chi connectivity index (χ1v) is 4.54. The fraction of sp³-hybridized carbons (Fsp3) is 0.222. The van der Waals surface area contributed by atoms with Gasteiger partial charge in [0.1, 0.15) is 5.75 Å². The molecular weight excluding hydrogens is 258 g/mol.